The maximum atomic E-state index is 12.3. The van der Waals surface area contributed by atoms with E-state index in [9.17, 15) is 9.59 Å². The minimum atomic E-state index is -0.521. The number of aromatic nitrogens is 2. The molecule has 0 spiro atoms. The first-order valence-electron chi connectivity index (χ1n) is 8.34. The molecule has 26 heavy (non-hydrogen) atoms. The van der Waals surface area contributed by atoms with E-state index in [4.69, 9.17) is 4.74 Å². The van der Waals surface area contributed by atoms with Crippen molar-refractivity contribution in [1.29, 1.82) is 0 Å². The smallest absolute Gasteiger partial charge is 0.338 e. The lowest BCUT2D eigenvalue weighted by atomic mass is 10.0. The molecule has 0 atom stereocenters. The van der Waals surface area contributed by atoms with E-state index in [0.29, 0.717) is 11.1 Å². The van der Waals surface area contributed by atoms with Crippen molar-refractivity contribution in [3.05, 3.63) is 82.7 Å². The molecule has 0 unspecified atom stereocenters. The van der Waals surface area contributed by atoms with Gasteiger partial charge in [0.2, 0.25) is 5.78 Å². The third-order valence-corrected chi connectivity index (χ3v) is 4.21. The lowest BCUT2D eigenvalue weighted by Gasteiger charge is -2.08. The summed E-state index contributed by atoms with van der Waals surface area (Å²) in [5.74, 6) is -0.726. The Morgan fingerprint density at radius 2 is 1.73 bits per heavy atom. The third kappa shape index (κ3) is 3.72. The lowest BCUT2D eigenvalue weighted by molar-refractivity contribution is 0.0474. The molecule has 3 rings (SSSR count). The highest BCUT2D eigenvalue weighted by molar-refractivity contribution is 6.00. The molecule has 1 aromatic heterocycles. The minimum absolute atomic E-state index is 0.205. The molecule has 0 aliphatic heterocycles. The Morgan fingerprint density at radius 1 is 1.00 bits per heavy atom. The van der Waals surface area contributed by atoms with Crippen molar-refractivity contribution in [3.63, 3.8) is 0 Å². The van der Waals surface area contributed by atoms with E-state index in [1.807, 2.05) is 45.0 Å². The Labute approximate surface area is 152 Å². The first-order valence-corrected chi connectivity index (χ1v) is 8.34. The summed E-state index contributed by atoms with van der Waals surface area (Å²) in [5.41, 5.74) is 4.70. The summed E-state index contributed by atoms with van der Waals surface area (Å²) in [7, 11) is 0. The van der Waals surface area contributed by atoms with Crippen LogP contribution in [0, 0.1) is 20.8 Å². The second-order valence-corrected chi connectivity index (χ2v) is 6.25. The van der Waals surface area contributed by atoms with Crippen LogP contribution < -0.4 is 0 Å². The molecule has 5 heteroatoms. The van der Waals surface area contributed by atoms with Crippen molar-refractivity contribution in [3.8, 4) is 5.69 Å². The molecule has 0 amide bonds. The number of nitrogens with zero attached hydrogens (tertiary/aromatic N) is 2. The van der Waals surface area contributed by atoms with Gasteiger partial charge in [0.25, 0.3) is 0 Å². The topological polar surface area (TPSA) is 61.2 Å². The Morgan fingerprint density at radius 3 is 2.38 bits per heavy atom. The number of benzene rings is 2. The number of Topliss-reactive ketones (excluding diaryl/α,β-unsaturated/α-hetero) is 1. The first-order chi connectivity index (χ1) is 12.5. The van der Waals surface area contributed by atoms with Crippen LogP contribution >= 0.6 is 0 Å². The predicted molar refractivity (Wildman–Crippen MR) is 98.8 cm³/mol. The van der Waals surface area contributed by atoms with Gasteiger partial charge >= 0.3 is 5.97 Å². The molecular formula is C21H20N2O3. The fraction of sp³-hybridized carbons (Fsp3) is 0.190. The predicted octanol–water partition coefficient (Wildman–Crippen LogP) is 3.84. The van der Waals surface area contributed by atoms with Gasteiger partial charge in [-0.2, -0.15) is 5.10 Å². The average Bonchev–Trinajstić information content (AvgIpc) is 3.07. The van der Waals surface area contributed by atoms with Crippen molar-refractivity contribution in [2.24, 2.45) is 0 Å². The number of aryl methyl sites for hydroxylation is 3. The van der Waals surface area contributed by atoms with E-state index in [-0.39, 0.29) is 12.4 Å². The molecule has 0 N–H and O–H groups in total. The van der Waals surface area contributed by atoms with E-state index in [2.05, 4.69) is 5.10 Å². The Hall–Kier alpha value is -3.21. The summed E-state index contributed by atoms with van der Waals surface area (Å²) in [5, 5.41) is 4.22. The standard InChI is InChI=1S/C21H20N2O3/c1-14-4-5-15(2)19(12-14)20(24)13-26-21(25)17-6-8-18(9-7-17)23-16(3)10-11-22-23/h4-12H,13H2,1-3H3. The van der Waals surface area contributed by atoms with E-state index in [1.165, 1.54) is 0 Å². The number of ether oxygens (including phenoxy) is 1. The molecule has 2 aromatic carbocycles. The second-order valence-electron chi connectivity index (χ2n) is 6.25. The molecule has 0 aliphatic rings. The molecule has 0 fully saturated rings. The zero-order chi connectivity index (χ0) is 18.7. The summed E-state index contributed by atoms with van der Waals surface area (Å²) in [6.07, 6.45) is 1.72. The highest BCUT2D eigenvalue weighted by atomic mass is 16.5. The van der Waals surface area contributed by atoms with Gasteiger partial charge < -0.3 is 4.74 Å². The molecule has 132 valence electrons. The molecule has 1 heterocycles. The maximum Gasteiger partial charge on any atom is 0.338 e. The molecule has 0 aliphatic carbocycles. The van der Waals surface area contributed by atoms with Crippen molar-refractivity contribution in [2.75, 3.05) is 6.61 Å². The maximum absolute atomic E-state index is 12.3. The van der Waals surface area contributed by atoms with Crippen molar-refractivity contribution in [2.45, 2.75) is 20.8 Å². The van der Waals surface area contributed by atoms with Crippen LogP contribution in [0.1, 0.15) is 37.5 Å². The average molecular weight is 348 g/mol. The minimum Gasteiger partial charge on any atom is -0.454 e. The normalized spacial score (nSPS) is 10.6. The number of carbonyl (C=O) groups is 2. The van der Waals surface area contributed by atoms with Gasteiger partial charge in [-0.15, -0.1) is 0 Å². The van der Waals surface area contributed by atoms with E-state index >= 15 is 0 Å². The van der Waals surface area contributed by atoms with Gasteiger partial charge in [0.05, 0.1) is 11.3 Å². The molecule has 0 radical (unpaired) electrons. The van der Waals surface area contributed by atoms with Crippen molar-refractivity contribution in [1.82, 2.24) is 9.78 Å². The van der Waals surface area contributed by atoms with Gasteiger partial charge in [-0.3, -0.25) is 4.79 Å². The lowest BCUT2D eigenvalue weighted by Crippen LogP contribution is -2.15. The van der Waals surface area contributed by atoms with Crippen molar-refractivity contribution < 1.29 is 14.3 Å². The number of hydrogen-bond acceptors (Lipinski definition) is 4. The fourth-order valence-corrected chi connectivity index (χ4v) is 2.71. The van der Waals surface area contributed by atoms with Gasteiger partial charge in [-0.25, -0.2) is 9.48 Å². The van der Waals surface area contributed by atoms with Crippen LogP contribution in [0.3, 0.4) is 0 Å². The van der Waals surface area contributed by atoms with Crippen LogP contribution in [0.4, 0.5) is 0 Å². The van der Waals surface area contributed by atoms with E-state index < -0.39 is 5.97 Å². The van der Waals surface area contributed by atoms with Gasteiger partial charge in [0.15, 0.2) is 6.61 Å². The highest BCUT2D eigenvalue weighted by Crippen LogP contribution is 2.14. The SMILES string of the molecule is Cc1ccc(C)c(C(=O)COC(=O)c2ccc(-n3nccc3C)cc2)c1. The second kappa shape index (κ2) is 7.35. The van der Waals surface area contributed by atoms with Gasteiger partial charge in [-0.1, -0.05) is 17.7 Å². The Balaban J connectivity index is 1.66. The quantitative estimate of drug-likeness (QED) is 0.519. The highest BCUT2D eigenvalue weighted by Gasteiger charge is 2.14. The molecule has 3 aromatic rings. The summed E-state index contributed by atoms with van der Waals surface area (Å²) in [4.78, 5) is 24.5. The zero-order valence-corrected chi connectivity index (χ0v) is 15.0. The van der Waals surface area contributed by atoms with Crippen LogP contribution in [-0.2, 0) is 4.74 Å². The van der Waals surface area contributed by atoms with Crippen LogP contribution in [-0.4, -0.2) is 28.1 Å². The van der Waals surface area contributed by atoms with Gasteiger partial charge in [0, 0.05) is 17.5 Å². The van der Waals surface area contributed by atoms with Crippen LogP contribution in [0.25, 0.3) is 5.69 Å². The number of rotatable bonds is 5. The van der Waals surface area contributed by atoms with Crippen molar-refractivity contribution >= 4 is 11.8 Å². The third-order valence-electron chi connectivity index (χ3n) is 4.21. The molecule has 0 saturated carbocycles. The monoisotopic (exact) mass is 348 g/mol. The van der Waals surface area contributed by atoms with E-state index in [1.54, 1.807) is 35.1 Å². The van der Waals surface area contributed by atoms with Crippen LogP contribution in [0.15, 0.2) is 54.7 Å². The first kappa shape index (κ1) is 17.6. The van der Waals surface area contributed by atoms with Crippen LogP contribution in [0.2, 0.25) is 0 Å². The van der Waals surface area contributed by atoms with Gasteiger partial charge in [-0.05, 0) is 62.7 Å². The summed E-state index contributed by atoms with van der Waals surface area (Å²) in [6, 6.07) is 14.5. The summed E-state index contributed by atoms with van der Waals surface area (Å²) in [6.45, 7) is 5.47. The van der Waals surface area contributed by atoms with Crippen LogP contribution in [0.5, 0.6) is 0 Å². The largest absolute Gasteiger partial charge is 0.454 e. The van der Waals surface area contributed by atoms with E-state index in [0.717, 1.165) is 22.5 Å². The summed E-state index contributed by atoms with van der Waals surface area (Å²) >= 11 is 0. The number of hydrogen-bond donors (Lipinski definition) is 0. The Kier molecular flexibility index (Phi) is 4.98. The number of ketones is 1. The van der Waals surface area contributed by atoms with Gasteiger partial charge in [0.1, 0.15) is 0 Å². The fourth-order valence-electron chi connectivity index (χ4n) is 2.71. The summed E-state index contributed by atoms with van der Waals surface area (Å²) < 4.78 is 6.96. The zero-order valence-electron chi connectivity index (χ0n) is 15.0. The Bertz CT molecular complexity index is 956. The number of carbonyl (C=O) groups excluding carboxylic acids is 2. The molecule has 5 nitrogen and oxygen atoms in total. The molecular weight excluding hydrogens is 328 g/mol. The molecule has 0 saturated heterocycles. The molecule has 0 bridgehead atoms. The number of esters is 1.